The molecule has 1 N–H and O–H groups in total. The van der Waals surface area contributed by atoms with E-state index in [0.29, 0.717) is 17.2 Å². The minimum atomic E-state index is -3.93. The Hall–Kier alpha value is -3.39. The number of carbonyl (C=O) groups is 1. The Balaban J connectivity index is 1.87. The summed E-state index contributed by atoms with van der Waals surface area (Å²) in [6.07, 6.45) is 0.926. The van der Waals surface area contributed by atoms with Crippen molar-refractivity contribution >= 4 is 27.3 Å². The van der Waals surface area contributed by atoms with Gasteiger partial charge in [0, 0.05) is 0 Å². The Kier molecular flexibility index (Phi) is 6.37. The number of amides is 1. The normalized spacial score (nSPS) is 12.1. The second kappa shape index (κ2) is 8.96. The molecule has 0 radical (unpaired) electrons. The molecule has 156 valence electrons. The first kappa shape index (κ1) is 21.3. The van der Waals surface area contributed by atoms with E-state index in [1.807, 2.05) is 18.2 Å². The first-order valence-corrected chi connectivity index (χ1v) is 11.0. The lowest BCUT2D eigenvalue weighted by atomic mass is 10.2. The van der Waals surface area contributed by atoms with Crippen molar-refractivity contribution in [2.24, 2.45) is 0 Å². The molecule has 0 spiro atoms. The van der Waals surface area contributed by atoms with Gasteiger partial charge in [0.1, 0.15) is 17.6 Å². The standard InChI is InChI=1S/C22H21FN2O4S/c1-16(25(30(2,27)28)20-14-8-6-12-18(20)23)22(26)24-19-13-7-9-15-21(19)29-17-10-4-3-5-11-17/h3-16H,1-2H3,(H,24,26)/t16-/m0/s1. The molecule has 1 atom stereocenters. The summed E-state index contributed by atoms with van der Waals surface area (Å²) in [7, 11) is -3.93. The lowest BCUT2D eigenvalue weighted by Crippen LogP contribution is -2.45. The van der Waals surface area contributed by atoms with Crippen LogP contribution in [0.15, 0.2) is 78.9 Å². The van der Waals surface area contributed by atoms with Crippen molar-refractivity contribution in [2.75, 3.05) is 15.9 Å². The van der Waals surface area contributed by atoms with Gasteiger partial charge in [-0.15, -0.1) is 0 Å². The summed E-state index contributed by atoms with van der Waals surface area (Å²) in [5, 5.41) is 2.68. The third-order valence-electron chi connectivity index (χ3n) is 4.29. The number of hydrogen-bond acceptors (Lipinski definition) is 4. The topological polar surface area (TPSA) is 75.7 Å². The van der Waals surface area contributed by atoms with E-state index >= 15 is 0 Å². The fraction of sp³-hybridized carbons (Fsp3) is 0.136. The molecule has 3 rings (SSSR count). The van der Waals surface area contributed by atoms with Crippen LogP contribution in [-0.4, -0.2) is 26.6 Å². The van der Waals surface area contributed by atoms with Crippen LogP contribution in [0.25, 0.3) is 0 Å². The van der Waals surface area contributed by atoms with Crippen molar-refractivity contribution in [3.05, 3.63) is 84.7 Å². The quantitative estimate of drug-likeness (QED) is 0.605. The molecule has 3 aromatic rings. The van der Waals surface area contributed by atoms with Gasteiger partial charge < -0.3 is 10.1 Å². The first-order valence-electron chi connectivity index (χ1n) is 9.14. The predicted octanol–water partition coefficient (Wildman–Crippen LogP) is 4.41. The molecule has 1 amide bonds. The minimum Gasteiger partial charge on any atom is -0.455 e. The third-order valence-corrected chi connectivity index (χ3v) is 5.52. The average molecular weight is 428 g/mol. The smallest absolute Gasteiger partial charge is 0.248 e. The van der Waals surface area contributed by atoms with Crippen molar-refractivity contribution < 1.29 is 22.3 Å². The van der Waals surface area contributed by atoms with Gasteiger partial charge in [-0.1, -0.05) is 42.5 Å². The number of carbonyl (C=O) groups excluding carboxylic acids is 1. The molecule has 0 aromatic heterocycles. The highest BCUT2D eigenvalue weighted by molar-refractivity contribution is 7.92. The monoisotopic (exact) mass is 428 g/mol. The molecular formula is C22H21FN2O4S. The Morgan fingerprint density at radius 3 is 2.23 bits per heavy atom. The molecule has 30 heavy (non-hydrogen) atoms. The fourth-order valence-corrected chi connectivity index (χ4v) is 4.10. The van der Waals surface area contributed by atoms with Crippen LogP contribution < -0.4 is 14.4 Å². The fourth-order valence-electron chi connectivity index (χ4n) is 2.92. The van der Waals surface area contributed by atoms with E-state index in [2.05, 4.69) is 5.32 Å². The van der Waals surface area contributed by atoms with Crippen LogP contribution in [0.3, 0.4) is 0 Å². The molecule has 0 fully saturated rings. The van der Waals surface area contributed by atoms with Crippen LogP contribution in [0, 0.1) is 5.82 Å². The number of para-hydroxylation sites is 4. The van der Waals surface area contributed by atoms with E-state index in [1.165, 1.54) is 25.1 Å². The van der Waals surface area contributed by atoms with Gasteiger partial charge >= 0.3 is 0 Å². The SMILES string of the molecule is C[C@@H](C(=O)Nc1ccccc1Oc1ccccc1)N(c1ccccc1F)S(C)(=O)=O. The molecule has 3 aromatic carbocycles. The molecule has 0 bridgehead atoms. The van der Waals surface area contributed by atoms with Gasteiger partial charge in [0.15, 0.2) is 5.75 Å². The summed E-state index contributed by atoms with van der Waals surface area (Å²) in [6, 6.07) is 20.0. The number of hydrogen-bond donors (Lipinski definition) is 1. The first-order chi connectivity index (χ1) is 14.3. The minimum absolute atomic E-state index is 0.198. The number of nitrogens with zero attached hydrogens (tertiary/aromatic N) is 1. The van der Waals surface area contributed by atoms with Crippen molar-refractivity contribution in [3.8, 4) is 11.5 Å². The predicted molar refractivity (Wildman–Crippen MR) is 115 cm³/mol. The molecule has 0 aliphatic carbocycles. The highest BCUT2D eigenvalue weighted by Crippen LogP contribution is 2.30. The average Bonchev–Trinajstić information content (AvgIpc) is 2.71. The summed E-state index contributed by atoms with van der Waals surface area (Å²) < 4.78 is 45.5. The van der Waals surface area contributed by atoms with Crippen LogP contribution in [0.4, 0.5) is 15.8 Å². The lowest BCUT2D eigenvalue weighted by Gasteiger charge is -2.28. The highest BCUT2D eigenvalue weighted by atomic mass is 32.2. The maximum absolute atomic E-state index is 14.3. The summed E-state index contributed by atoms with van der Waals surface area (Å²) in [4.78, 5) is 12.9. The second-order valence-electron chi connectivity index (χ2n) is 6.59. The van der Waals surface area contributed by atoms with Gasteiger partial charge in [0.25, 0.3) is 0 Å². The Bertz CT molecular complexity index is 1140. The molecule has 0 unspecified atom stereocenters. The lowest BCUT2D eigenvalue weighted by molar-refractivity contribution is -0.116. The van der Waals surface area contributed by atoms with Crippen molar-refractivity contribution in [1.29, 1.82) is 0 Å². The molecule has 0 aliphatic heterocycles. The van der Waals surface area contributed by atoms with Crippen LogP contribution in [0.1, 0.15) is 6.92 Å². The van der Waals surface area contributed by atoms with Crippen LogP contribution in [-0.2, 0) is 14.8 Å². The van der Waals surface area contributed by atoms with E-state index in [9.17, 15) is 17.6 Å². The zero-order chi connectivity index (χ0) is 21.7. The van der Waals surface area contributed by atoms with Crippen LogP contribution >= 0.6 is 0 Å². The maximum Gasteiger partial charge on any atom is 0.248 e. The molecule has 6 nitrogen and oxygen atoms in total. The molecular weight excluding hydrogens is 407 g/mol. The zero-order valence-corrected chi connectivity index (χ0v) is 17.3. The van der Waals surface area contributed by atoms with Crippen molar-refractivity contribution in [1.82, 2.24) is 0 Å². The van der Waals surface area contributed by atoms with E-state index in [1.54, 1.807) is 36.4 Å². The van der Waals surface area contributed by atoms with E-state index in [-0.39, 0.29) is 5.69 Å². The van der Waals surface area contributed by atoms with Crippen LogP contribution in [0.2, 0.25) is 0 Å². The number of halogens is 1. The summed E-state index contributed by atoms with van der Waals surface area (Å²) in [6.45, 7) is 1.39. The summed E-state index contributed by atoms with van der Waals surface area (Å²) in [5.41, 5.74) is 0.164. The summed E-state index contributed by atoms with van der Waals surface area (Å²) in [5.74, 6) is -0.402. The Labute approximate surface area is 175 Å². The number of benzene rings is 3. The molecule has 0 saturated carbocycles. The van der Waals surface area contributed by atoms with Gasteiger partial charge in [0.2, 0.25) is 15.9 Å². The van der Waals surface area contributed by atoms with E-state index in [4.69, 9.17) is 4.74 Å². The third kappa shape index (κ3) is 4.96. The second-order valence-corrected chi connectivity index (χ2v) is 8.45. The highest BCUT2D eigenvalue weighted by Gasteiger charge is 2.31. The number of nitrogens with one attached hydrogen (secondary N) is 1. The van der Waals surface area contributed by atoms with Gasteiger partial charge in [-0.2, -0.15) is 0 Å². The Morgan fingerprint density at radius 2 is 1.57 bits per heavy atom. The van der Waals surface area contributed by atoms with Gasteiger partial charge in [-0.05, 0) is 43.3 Å². The number of sulfonamides is 1. The Morgan fingerprint density at radius 1 is 0.967 bits per heavy atom. The van der Waals surface area contributed by atoms with E-state index < -0.39 is 27.8 Å². The number of anilines is 2. The van der Waals surface area contributed by atoms with Gasteiger partial charge in [0.05, 0.1) is 17.6 Å². The van der Waals surface area contributed by atoms with Gasteiger partial charge in [-0.3, -0.25) is 9.10 Å². The van der Waals surface area contributed by atoms with Crippen LogP contribution in [0.5, 0.6) is 11.5 Å². The maximum atomic E-state index is 14.3. The molecule has 0 saturated heterocycles. The largest absolute Gasteiger partial charge is 0.455 e. The number of rotatable bonds is 7. The molecule has 0 heterocycles. The van der Waals surface area contributed by atoms with Gasteiger partial charge in [-0.25, -0.2) is 12.8 Å². The van der Waals surface area contributed by atoms with Crippen molar-refractivity contribution in [2.45, 2.75) is 13.0 Å². The van der Waals surface area contributed by atoms with Crippen molar-refractivity contribution in [3.63, 3.8) is 0 Å². The van der Waals surface area contributed by atoms with E-state index in [0.717, 1.165) is 16.6 Å². The number of ether oxygens (including phenoxy) is 1. The summed E-state index contributed by atoms with van der Waals surface area (Å²) >= 11 is 0. The zero-order valence-electron chi connectivity index (χ0n) is 16.4. The molecule has 0 aliphatic rings. The molecule has 8 heteroatoms.